The van der Waals surface area contributed by atoms with Gasteiger partial charge in [0.05, 0.1) is 11.1 Å². The van der Waals surface area contributed by atoms with E-state index in [4.69, 9.17) is 15.3 Å². The molecular weight excluding hydrogens is 248 g/mol. The van der Waals surface area contributed by atoms with Crippen molar-refractivity contribution < 1.29 is 4.74 Å². The van der Waals surface area contributed by atoms with Gasteiger partial charge in [-0.25, -0.2) is 0 Å². The second-order valence-electron chi connectivity index (χ2n) is 4.73. The maximum absolute atomic E-state index is 9.03. The molecule has 0 aliphatic rings. The average molecular weight is 262 g/mol. The highest BCUT2D eigenvalue weighted by Crippen LogP contribution is 2.30. The first-order chi connectivity index (χ1) is 9.65. The fourth-order valence-electron chi connectivity index (χ4n) is 1.95. The standard InChI is InChI=1S/C17H14N2O/c1-12(2)16-5-3-4-6-17(16)20-15-8-7-13(10-18)14(9-15)11-19/h3-9,12H,1-2H3. The van der Waals surface area contributed by atoms with Crippen molar-refractivity contribution in [1.29, 1.82) is 10.5 Å². The summed E-state index contributed by atoms with van der Waals surface area (Å²) in [6.07, 6.45) is 0. The van der Waals surface area contributed by atoms with Gasteiger partial charge in [-0.15, -0.1) is 0 Å². The molecule has 0 saturated carbocycles. The summed E-state index contributed by atoms with van der Waals surface area (Å²) >= 11 is 0. The molecule has 0 amide bonds. The van der Waals surface area contributed by atoms with Crippen LogP contribution in [0.3, 0.4) is 0 Å². The average Bonchev–Trinajstić information content (AvgIpc) is 2.47. The van der Waals surface area contributed by atoms with Crippen molar-refractivity contribution in [2.45, 2.75) is 19.8 Å². The number of para-hydroxylation sites is 1. The van der Waals surface area contributed by atoms with Crippen LogP contribution < -0.4 is 4.74 Å². The van der Waals surface area contributed by atoms with Gasteiger partial charge in [-0.2, -0.15) is 10.5 Å². The van der Waals surface area contributed by atoms with Crippen LogP contribution in [0.4, 0.5) is 0 Å². The molecule has 0 N–H and O–H groups in total. The molecular formula is C17H14N2O. The Labute approximate surface area is 118 Å². The van der Waals surface area contributed by atoms with Gasteiger partial charge in [0.2, 0.25) is 0 Å². The molecule has 2 aromatic rings. The maximum atomic E-state index is 9.03. The molecule has 0 atom stereocenters. The second kappa shape index (κ2) is 5.91. The van der Waals surface area contributed by atoms with E-state index in [0.717, 1.165) is 11.3 Å². The Bertz CT molecular complexity index is 706. The van der Waals surface area contributed by atoms with Crippen LogP contribution in [0.15, 0.2) is 42.5 Å². The molecule has 0 aliphatic carbocycles. The molecule has 2 rings (SSSR count). The number of nitrogens with zero attached hydrogens (tertiary/aromatic N) is 2. The van der Waals surface area contributed by atoms with E-state index in [2.05, 4.69) is 13.8 Å². The third kappa shape index (κ3) is 2.79. The first kappa shape index (κ1) is 13.6. The molecule has 0 aromatic heterocycles. The van der Waals surface area contributed by atoms with Gasteiger partial charge >= 0.3 is 0 Å². The van der Waals surface area contributed by atoms with Crippen LogP contribution in [0.1, 0.15) is 36.5 Å². The second-order valence-corrected chi connectivity index (χ2v) is 4.73. The smallest absolute Gasteiger partial charge is 0.130 e. The van der Waals surface area contributed by atoms with Crippen LogP contribution in [0.5, 0.6) is 11.5 Å². The summed E-state index contributed by atoms with van der Waals surface area (Å²) in [5, 5.41) is 17.9. The normalized spacial score (nSPS) is 9.85. The van der Waals surface area contributed by atoms with E-state index < -0.39 is 0 Å². The lowest BCUT2D eigenvalue weighted by atomic mass is 10.0. The van der Waals surface area contributed by atoms with Crippen LogP contribution in [0.25, 0.3) is 0 Å². The predicted molar refractivity (Wildman–Crippen MR) is 76.5 cm³/mol. The highest BCUT2D eigenvalue weighted by atomic mass is 16.5. The van der Waals surface area contributed by atoms with E-state index in [9.17, 15) is 0 Å². The topological polar surface area (TPSA) is 56.8 Å². The monoisotopic (exact) mass is 262 g/mol. The molecule has 0 saturated heterocycles. The summed E-state index contributed by atoms with van der Waals surface area (Å²) in [5.74, 6) is 1.68. The van der Waals surface area contributed by atoms with Gasteiger partial charge in [0, 0.05) is 0 Å². The highest BCUT2D eigenvalue weighted by molar-refractivity contribution is 5.50. The van der Waals surface area contributed by atoms with Crippen molar-refractivity contribution in [2.24, 2.45) is 0 Å². The van der Waals surface area contributed by atoms with E-state index in [1.54, 1.807) is 18.2 Å². The zero-order valence-corrected chi connectivity index (χ0v) is 11.4. The summed E-state index contributed by atoms with van der Waals surface area (Å²) in [4.78, 5) is 0. The molecule has 0 spiro atoms. The number of rotatable bonds is 3. The van der Waals surface area contributed by atoms with Gasteiger partial charge in [0.25, 0.3) is 0 Å². The van der Waals surface area contributed by atoms with Gasteiger partial charge in [-0.1, -0.05) is 32.0 Å². The third-order valence-electron chi connectivity index (χ3n) is 3.00. The van der Waals surface area contributed by atoms with Crippen LogP contribution >= 0.6 is 0 Å². The van der Waals surface area contributed by atoms with Crippen molar-refractivity contribution >= 4 is 0 Å². The minimum Gasteiger partial charge on any atom is -0.457 e. The number of benzene rings is 2. The lowest BCUT2D eigenvalue weighted by Gasteiger charge is -2.13. The number of ether oxygens (including phenoxy) is 1. The zero-order chi connectivity index (χ0) is 14.5. The van der Waals surface area contributed by atoms with Crippen LogP contribution in [-0.4, -0.2) is 0 Å². The van der Waals surface area contributed by atoms with Crippen molar-refractivity contribution in [3.63, 3.8) is 0 Å². The predicted octanol–water partition coefficient (Wildman–Crippen LogP) is 4.35. The minimum absolute atomic E-state index is 0.326. The summed E-state index contributed by atoms with van der Waals surface area (Å²) in [6, 6.07) is 16.7. The molecule has 0 heterocycles. The van der Waals surface area contributed by atoms with Gasteiger partial charge in [0.1, 0.15) is 23.6 Å². The zero-order valence-electron chi connectivity index (χ0n) is 11.4. The maximum Gasteiger partial charge on any atom is 0.130 e. The van der Waals surface area contributed by atoms with Crippen molar-refractivity contribution in [3.05, 3.63) is 59.2 Å². The van der Waals surface area contributed by atoms with Crippen molar-refractivity contribution in [1.82, 2.24) is 0 Å². The van der Waals surface area contributed by atoms with Crippen LogP contribution in [0, 0.1) is 22.7 Å². The molecule has 0 bridgehead atoms. The quantitative estimate of drug-likeness (QED) is 0.826. The molecule has 0 radical (unpaired) electrons. The molecule has 0 fully saturated rings. The van der Waals surface area contributed by atoms with E-state index in [1.165, 1.54) is 0 Å². The van der Waals surface area contributed by atoms with Gasteiger partial charge in [-0.05, 0) is 35.7 Å². The summed E-state index contributed by atoms with van der Waals surface area (Å²) in [6.45, 7) is 4.20. The van der Waals surface area contributed by atoms with Gasteiger partial charge in [-0.3, -0.25) is 0 Å². The molecule has 98 valence electrons. The largest absolute Gasteiger partial charge is 0.457 e. The van der Waals surface area contributed by atoms with Gasteiger partial charge < -0.3 is 4.74 Å². The highest BCUT2D eigenvalue weighted by Gasteiger charge is 2.09. The molecule has 2 aromatic carbocycles. The van der Waals surface area contributed by atoms with Gasteiger partial charge in [0.15, 0.2) is 0 Å². The van der Waals surface area contributed by atoms with E-state index in [0.29, 0.717) is 22.8 Å². The van der Waals surface area contributed by atoms with E-state index in [-0.39, 0.29) is 0 Å². The van der Waals surface area contributed by atoms with E-state index >= 15 is 0 Å². The molecule has 20 heavy (non-hydrogen) atoms. The Balaban J connectivity index is 2.37. The number of nitriles is 2. The van der Waals surface area contributed by atoms with Crippen molar-refractivity contribution in [2.75, 3.05) is 0 Å². The summed E-state index contributed by atoms with van der Waals surface area (Å²) in [7, 11) is 0. The fraction of sp³-hybridized carbons (Fsp3) is 0.176. The van der Waals surface area contributed by atoms with Crippen LogP contribution in [-0.2, 0) is 0 Å². The Kier molecular flexibility index (Phi) is 4.03. The number of hydrogen-bond donors (Lipinski definition) is 0. The lowest BCUT2D eigenvalue weighted by Crippen LogP contribution is -1.94. The Hall–Kier alpha value is -2.78. The minimum atomic E-state index is 0.326. The molecule has 3 heteroatoms. The molecule has 3 nitrogen and oxygen atoms in total. The first-order valence-electron chi connectivity index (χ1n) is 6.36. The van der Waals surface area contributed by atoms with Crippen molar-refractivity contribution in [3.8, 4) is 23.6 Å². The molecule has 0 unspecified atom stereocenters. The Morgan fingerprint density at radius 2 is 1.65 bits per heavy atom. The van der Waals surface area contributed by atoms with E-state index in [1.807, 2.05) is 36.4 Å². The summed E-state index contributed by atoms with van der Waals surface area (Å²) < 4.78 is 5.85. The SMILES string of the molecule is CC(C)c1ccccc1Oc1ccc(C#N)c(C#N)c1. The Morgan fingerprint density at radius 3 is 2.30 bits per heavy atom. The number of hydrogen-bond acceptors (Lipinski definition) is 3. The first-order valence-corrected chi connectivity index (χ1v) is 6.36. The molecule has 0 aliphatic heterocycles. The lowest BCUT2D eigenvalue weighted by molar-refractivity contribution is 0.473. The third-order valence-corrected chi connectivity index (χ3v) is 3.00. The fourth-order valence-corrected chi connectivity index (χ4v) is 1.95. The summed E-state index contributed by atoms with van der Waals surface area (Å²) in [5.41, 5.74) is 1.79. The van der Waals surface area contributed by atoms with Crippen LogP contribution in [0.2, 0.25) is 0 Å². The Morgan fingerprint density at radius 1 is 0.950 bits per heavy atom.